The van der Waals surface area contributed by atoms with Gasteiger partial charge in [-0.3, -0.25) is 0 Å². The number of nitrogens with zero attached hydrogens (tertiary/aromatic N) is 1. The van der Waals surface area contributed by atoms with E-state index < -0.39 is 0 Å². The van der Waals surface area contributed by atoms with Crippen LogP contribution in [0.4, 0.5) is 5.69 Å². The van der Waals surface area contributed by atoms with Crippen LogP contribution in [0.15, 0.2) is 33.4 Å². The lowest BCUT2D eigenvalue weighted by Gasteiger charge is -2.20. The summed E-state index contributed by atoms with van der Waals surface area (Å²) in [5, 5.41) is 5.67. The zero-order valence-corrected chi connectivity index (χ0v) is 15.4. The first-order valence-electron chi connectivity index (χ1n) is 7.34. The average molecular weight is 367 g/mol. The first kappa shape index (κ1) is 16.5. The third-order valence-corrected chi connectivity index (χ3v) is 5.10. The standard InChI is InChI=1S/C17H23BrN2S/c1-4-7-19-10-15-5-6-16(8-13(15)2)20(3)11-14-9-17(18)21-12-14/h5-6,8-9,12,19H,4,7,10-11H2,1-3H3. The van der Waals surface area contributed by atoms with E-state index in [1.807, 2.05) is 0 Å². The van der Waals surface area contributed by atoms with E-state index >= 15 is 0 Å². The lowest BCUT2D eigenvalue weighted by atomic mass is 10.1. The van der Waals surface area contributed by atoms with Crippen LogP contribution in [0.1, 0.15) is 30.0 Å². The van der Waals surface area contributed by atoms with E-state index in [4.69, 9.17) is 0 Å². The van der Waals surface area contributed by atoms with Crippen molar-refractivity contribution < 1.29 is 0 Å². The predicted molar refractivity (Wildman–Crippen MR) is 97.3 cm³/mol. The third kappa shape index (κ3) is 4.83. The SMILES string of the molecule is CCCNCc1ccc(N(C)Cc2csc(Br)c2)cc1C. The highest BCUT2D eigenvalue weighted by Gasteiger charge is 2.06. The van der Waals surface area contributed by atoms with Crippen molar-refractivity contribution in [2.24, 2.45) is 0 Å². The molecule has 4 heteroatoms. The summed E-state index contributed by atoms with van der Waals surface area (Å²) in [5.41, 5.74) is 5.36. The summed E-state index contributed by atoms with van der Waals surface area (Å²) < 4.78 is 1.19. The summed E-state index contributed by atoms with van der Waals surface area (Å²) in [6.45, 7) is 7.37. The quantitative estimate of drug-likeness (QED) is 0.696. The van der Waals surface area contributed by atoms with E-state index in [9.17, 15) is 0 Å². The molecule has 2 nitrogen and oxygen atoms in total. The third-order valence-electron chi connectivity index (χ3n) is 3.55. The van der Waals surface area contributed by atoms with Gasteiger partial charge < -0.3 is 10.2 Å². The van der Waals surface area contributed by atoms with Gasteiger partial charge >= 0.3 is 0 Å². The van der Waals surface area contributed by atoms with Crippen LogP contribution in [-0.4, -0.2) is 13.6 Å². The fraction of sp³-hybridized carbons (Fsp3) is 0.412. The van der Waals surface area contributed by atoms with Gasteiger partial charge in [0, 0.05) is 25.8 Å². The minimum atomic E-state index is 0.939. The van der Waals surface area contributed by atoms with Crippen LogP contribution in [0, 0.1) is 6.92 Å². The monoisotopic (exact) mass is 366 g/mol. The Balaban J connectivity index is 2.01. The molecular formula is C17H23BrN2S. The average Bonchev–Trinajstić information content (AvgIpc) is 2.86. The van der Waals surface area contributed by atoms with Crippen LogP contribution in [0.3, 0.4) is 0 Å². The summed E-state index contributed by atoms with van der Waals surface area (Å²) in [6, 6.07) is 8.94. The number of hydrogen-bond donors (Lipinski definition) is 1. The molecule has 1 aromatic heterocycles. The van der Waals surface area contributed by atoms with Gasteiger partial charge in [0.15, 0.2) is 0 Å². The van der Waals surface area contributed by atoms with E-state index in [2.05, 4.69) is 76.7 Å². The summed E-state index contributed by atoms with van der Waals surface area (Å²) in [5.74, 6) is 0. The Hall–Kier alpha value is -0.840. The Morgan fingerprint density at radius 1 is 1.29 bits per heavy atom. The fourth-order valence-electron chi connectivity index (χ4n) is 2.31. The van der Waals surface area contributed by atoms with E-state index in [-0.39, 0.29) is 0 Å². The molecule has 1 aromatic carbocycles. The zero-order valence-electron chi connectivity index (χ0n) is 12.9. The van der Waals surface area contributed by atoms with Crippen LogP contribution in [-0.2, 0) is 13.1 Å². The molecule has 0 aliphatic rings. The van der Waals surface area contributed by atoms with E-state index in [0.717, 1.165) is 19.6 Å². The number of anilines is 1. The molecule has 0 bridgehead atoms. The molecule has 0 fully saturated rings. The van der Waals surface area contributed by atoms with Crippen LogP contribution < -0.4 is 10.2 Å². The van der Waals surface area contributed by atoms with Crippen LogP contribution in [0.25, 0.3) is 0 Å². The molecule has 0 amide bonds. The summed E-state index contributed by atoms with van der Waals surface area (Å²) in [6.07, 6.45) is 1.18. The minimum absolute atomic E-state index is 0.939. The lowest BCUT2D eigenvalue weighted by Crippen LogP contribution is -2.17. The van der Waals surface area contributed by atoms with Crippen molar-refractivity contribution >= 4 is 33.0 Å². The maximum Gasteiger partial charge on any atom is 0.0701 e. The maximum atomic E-state index is 3.52. The molecule has 2 aromatic rings. The Morgan fingerprint density at radius 3 is 2.71 bits per heavy atom. The van der Waals surface area contributed by atoms with Gasteiger partial charge in [-0.25, -0.2) is 0 Å². The molecule has 114 valence electrons. The van der Waals surface area contributed by atoms with Crippen molar-refractivity contribution in [2.45, 2.75) is 33.4 Å². The second-order valence-electron chi connectivity index (χ2n) is 5.40. The van der Waals surface area contributed by atoms with Gasteiger partial charge in [-0.1, -0.05) is 13.0 Å². The second kappa shape index (κ2) is 7.97. The first-order valence-corrected chi connectivity index (χ1v) is 9.01. The number of aryl methyl sites for hydroxylation is 1. The number of thiophene rings is 1. The number of benzene rings is 1. The molecule has 1 heterocycles. The van der Waals surface area contributed by atoms with E-state index in [1.54, 1.807) is 11.3 Å². The van der Waals surface area contributed by atoms with Crippen molar-refractivity contribution in [2.75, 3.05) is 18.5 Å². The van der Waals surface area contributed by atoms with Crippen LogP contribution in [0.5, 0.6) is 0 Å². The Bertz CT molecular complexity index is 580. The zero-order chi connectivity index (χ0) is 15.2. The highest BCUT2D eigenvalue weighted by molar-refractivity contribution is 9.11. The van der Waals surface area contributed by atoms with Crippen molar-refractivity contribution in [3.05, 3.63) is 50.1 Å². The summed E-state index contributed by atoms with van der Waals surface area (Å²) in [7, 11) is 2.15. The highest BCUT2D eigenvalue weighted by Crippen LogP contribution is 2.24. The Kier molecular flexibility index (Phi) is 6.27. The molecular weight excluding hydrogens is 344 g/mol. The molecule has 0 spiro atoms. The fourth-order valence-corrected chi connectivity index (χ4v) is 3.51. The molecule has 0 atom stereocenters. The maximum absolute atomic E-state index is 3.52. The van der Waals surface area contributed by atoms with Gasteiger partial charge in [0.05, 0.1) is 3.79 Å². The van der Waals surface area contributed by atoms with Gasteiger partial charge in [0.25, 0.3) is 0 Å². The van der Waals surface area contributed by atoms with E-state index in [1.165, 1.54) is 32.6 Å². The van der Waals surface area contributed by atoms with Gasteiger partial charge in [-0.15, -0.1) is 11.3 Å². The normalized spacial score (nSPS) is 10.9. The van der Waals surface area contributed by atoms with Crippen molar-refractivity contribution in [3.8, 4) is 0 Å². The van der Waals surface area contributed by atoms with Gasteiger partial charge in [-0.2, -0.15) is 0 Å². The van der Waals surface area contributed by atoms with Crippen LogP contribution >= 0.6 is 27.3 Å². The number of nitrogens with one attached hydrogen (secondary N) is 1. The Labute approximate surface area is 140 Å². The molecule has 1 N–H and O–H groups in total. The molecule has 0 unspecified atom stereocenters. The smallest absolute Gasteiger partial charge is 0.0701 e. The molecule has 0 saturated carbocycles. The van der Waals surface area contributed by atoms with Crippen molar-refractivity contribution in [3.63, 3.8) is 0 Å². The molecule has 0 aliphatic carbocycles. The lowest BCUT2D eigenvalue weighted by molar-refractivity contribution is 0.673. The molecule has 21 heavy (non-hydrogen) atoms. The molecule has 0 saturated heterocycles. The second-order valence-corrected chi connectivity index (χ2v) is 7.69. The predicted octanol–water partition coefficient (Wildman–Crippen LogP) is 4.96. The van der Waals surface area contributed by atoms with Crippen LogP contribution in [0.2, 0.25) is 0 Å². The molecule has 0 aliphatic heterocycles. The Morgan fingerprint density at radius 2 is 2.10 bits per heavy atom. The number of hydrogen-bond acceptors (Lipinski definition) is 3. The topological polar surface area (TPSA) is 15.3 Å². The van der Waals surface area contributed by atoms with E-state index in [0.29, 0.717) is 0 Å². The summed E-state index contributed by atoms with van der Waals surface area (Å²) in [4.78, 5) is 2.30. The highest BCUT2D eigenvalue weighted by atomic mass is 79.9. The van der Waals surface area contributed by atoms with Gasteiger partial charge in [-0.05, 0) is 76.1 Å². The van der Waals surface area contributed by atoms with Gasteiger partial charge in [0.2, 0.25) is 0 Å². The molecule has 2 rings (SSSR count). The van der Waals surface area contributed by atoms with Crippen molar-refractivity contribution in [1.29, 1.82) is 0 Å². The minimum Gasteiger partial charge on any atom is -0.370 e. The molecule has 0 radical (unpaired) electrons. The van der Waals surface area contributed by atoms with Gasteiger partial charge in [0.1, 0.15) is 0 Å². The largest absolute Gasteiger partial charge is 0.370 e. The van der Waals surface area contributed by atoms with Crippen molar-refractivity contribution in [1.82, 2.24) is 5.32 Å². The first-order chi connectivity index (χ1) is 10.1. The number of halogens is 1. The summed E-state index contributed by atoms with van der Waals surface area (Å²) >= 11 is 5.26. The number of rotatable bonds is 7.